The topological polar surface area (TPSA) is 29.1 Å². The first-order chi connectivity index (χ1) is 4.40. The first-order valence-electron chi connectivity index (χ1n) is 3.59. The lowest BCUT2D eigenvalue weighted by molar-refractivity contribution is -0.110. The lowest BCUT2D eigenvalue weighted by atomic mass is 10.1. The Kier molecular flexibility index (Phi) is 1.09. The molecular formula is C7H11NO. The highest BCUT2D eigenvalue weighted by atomic mass is 16.1. The normalized spacial score (nSPS) is 47.8. The molecule has 2 fully saturated rings. The van der Waals surface area contributed by atoms with Crippen molar-refractivity contribution in [3.05, 3.63) is 0 Å². The zero-order chi connectivity index (χ0) is 6.27. The minimum Gasteiger partial charge on any atom is -0.307 e. The number of aldehydes is 1. The summed E-state index contributed by atoms with van der Waals surface area (Å²) in [4.78, 5) is 10.3. The monoisotopic (exact) mass is 125 g/mol. The van der Waals surface area contributed by atoms with Gasteiger partial charge in [0.2, 0.25) is 0 Å². The van der Waals surface area contributed by atoms with Crippen molar-refractivity contribution in [3.8, 4) is 0 Å². The molecule has 2 nitrogen and oxygen atoms in total. The molecular weight excluding hydrogens is 114 g/mol. The number of carbonyl (C=O) groups excluding carboxylic acids is 1. The Morgan fingerprint density at radius 3 is 2.89 bits per heavy atom. The van der Waals surface area contributed by atoms with Gasteiger partial charge in [0, 0.05) is 0 Å². The predicted molar refractivity (Wildman–Crippen MR) is 34.1 cm³/mol. The van der Waals surface area contributed by atoms with Gasteiger partial charge in [-0.1, -0.05) is 0 Å². The number of hydrogen-bond donors (Lipinski definition) is 1. The molecule has 1 saturated heterocycles. The Balaban J connectivity index is 1.93. The van der Waals surface area contributed by atoms with Gasteiger partial charge in [-0.3, -0.25) is 0 Å². The van der Waals surface area contributed by atoms with E-state index in [4.69, 9.17) is 0 Å². The van der Waals surface area contributed by atoms with E-state index in [1.165, 1.54) is 6.42 Å². The third kappa shape index (κ3) is 0.874. The van der Waals surface area contributed by atoms with Crippen molar-refractivity contribution in [2.24, 2.45) is 11.8 Å². The van der Waals surface area contributed by atoms with Crippen molar-refractivity contribution < 1.29 is 4.79 Å². The molecule has 0 aromatic heterocycles. The van der Waals surface area contributed by atoms with E-state index in [0.717, 1.165) is 31.1 Å². The molecule has 2 heteroatoms. The highest BCUT2D eigenvalue weighted by molar-refractivity contribution is 5.58. The lowest BCUT2D eigenvalue weighted by Gasteiger charge is -2.16. The molecule has 1 N–H and O–H groups in total. The van der Waals surface area contributed by atoms with Crippen molar-refractivity contribution in [3.63, 3.8) is 0 Å². The van der Waals surface area contributed by atoms with Gasteiger partial charge in [0.25, 0.3) is 0 Å². The van der Waals surface area contributed by atoms with Crippen LogP contribution in [0.15, 0.2) is 0 Å². The average Bonchev–Trinajstić information content (AvgIpc) is 2.64. The molecule has 1 heterocycles. The maximum atomic E-state index is 10.3. The minimum atomic E-state index is 0.175. The highest BCUT2D eigenvalue weighted by Gasteiger charge is 2.41. The molecule has 3 atom stereocenters. The number of fused-ring (bicyclic) bond motifs is 1. The highest BCUT2D eigenvalue weighted by Crippen LogP contribution is 2.43. The van der Waals surface area contributed by atoms with Crippen LogP contribution in [0.4, 0.5) is 0 Å². The van der Waals surface area contributed by atoms with E-state index in [9.17, 15) is 4.79 Å². The standard InChI is InChI=1S/C7H11NO/c9-4-7-2-5-1-6(5)3-8-7/h4-8H,1-3H2. The second-order valence-electron chi connectivity index (χ2n) is 3.14. The molecule has 1 saturated carbocycles. The number of hydrogen-bond acceptors (Lipinski definition) is 2. The van der Waals surface area contributed by atoms with Gasteiger partial charge in [-0.15, -0.1) is 0 Å². The lowest BCUT2D eigenvalue weighted by Crippen LogP contribution is -2.36. The largest absolute Gasteiger partial charge is 0.307 e. The third-order valence-electron chi connectivity index (χ3n) is 2.43. The Morgan fingerprint density at radius 1 is 1.33 bits per heavy atom. The summed E-state index contributed by atoms with van der Waals surface area (Å²) in [5.74, 6) is 1.81. The molecule has 2 rings (SSSR count). The smallest absolute Gasteiger partial charge is 0.136 e. The molecule has 0 bridgehead atoms. The summed E-state index contributed by atoms with van der Waals surface area (Å²) >= 11 is 0. The summed E-state index contributed by atoms with van der Waals surface area (Å²) in [6.07, 6.45) is 3.49. The quantitative estimate of drug-likeness (QED) is 0.507. The molecule has 0 aromatic carbocycles. The second kappa shape index (κ2) is 1.81. The SMILES string of the molecule is O=CC1CC2CC2CN1. The first kappa shape index (κ1) is 5.42. The maximum Gasteiger partial charge on any atom is 0.136 e. The molecule has 0 aromatic rings. The number of rotatable bonds is 1. The van der Waals surface area contributed by atoms with Crippen LogP contribution in [0.25, 0.3) is 0 Å². The van der Waals surface area contributed by atoms with Crippen molar-refractivity contribution in [2.75, 3.05) is 6.54 Å². The van der Waals surface area contributed by atoms with E-state index in [1.54, 1.807) is 0 Å². The predicted octanol–water partition coefficient (Wildman–Crippen LogP) is 0.183. The van der Waals surface area contributed by atoms with E-state index in [2.05, 4.69) is 5.32 Å². The van der Waals surface area contributed by atoms with Crippen LogP contribution in [0.3, 0.4) is 0 Å². The summed E-state index contributed by atoms with van der Waals surface area (Å²) in [6, 6.07) is 0.175. The van der Waals surface area contributed by atoms with Gasteiger partial charge in [-0.2, -0.15) is 0 Å². The van der Waals surface area contributed by atoms with Gasteiger partial charge >= 0.3 is 0 Å². The number of carbonyl (C=O) groups is 1. The molecule has 9 heavy (non-hydrogen) atoms. The van der Waals surface area contributed by atoms with Gasteiger partial charge in [0.1, 0.15) is 6.29 Å². The fourth-order valence-corrected chi connectivity index (χ4v) is 1.66. The molecule has 0 spiro atoms. The Labute approximate surface area is 54.6 Å². The van der Waals surface area contributed by atoms with Gasteiger partial charge < -0.3 is 10.1 Å². The summed E-state index contributed by atoms with van der Waals surface area (Å²) in [7, 11) is 0. The molecule has 0 radical (unpaired) electrons. The maximum absolute atomic E-state index is 10.3. The average molecular weight is 125 g/mol. The fourth-order valence-electron chi connectivity index (χ4n) is 1.66. The molecule has 1 aliphatic heterocycles. The number of nitrogens with one attached hydrogen (secondary N) is 1. The Hall–Kier alpha value is -0.370. The molecule has 3 unspecified atom stereocenters. The summed E-state index contributed by atoms with van der Waals surface area (Å²) in [5.41, 5.74) is 0. The molecule has 50 valence electrons. The summed E-state index contributed by atoms with van der Waals surface area (Å²) in [6.45, 7) is 1.08. The summed E-state index contributed by atoms with van der Waals surface area (Å²) < 4.78 is 0. The van der Waals surface area contributed by atoms with Crippen LogP contribution in [0, 0.1) is 11.8 Å². The van der Waals surface area contributed by atoms with Crippen LogP contribution in [-0.2, 0) is 4.79 Å². The van der Waals surface area contributed by atoms with Gasteiger partial charge in [-0.05, 0) is 31.2 Å². The Bertz CT molecular complexity index is 135. The van der Waals surface area contributed by atoms with Crippen molar-refractivity contribution in [1.82, 2.24) is 5.32 Å². The van der Waals surface area contributed by atoms with Crippen LogP contribution in [0.2, 0.25) is 0 Å². The fraction of sp³-hybridized carbons (Fsp3) is 0.857. The van der Waals surface area contributed by atoms with Crippen molar-refractivity contribution in [2.45, 2.75) is 18.9 Å². The van der Waals surface area contributed by atoms with E-state index in [-0.39, 0.29) is 6.04 Å². The van der Waals surface area contributed by atoms with Gasteiger partial charge in [-0.25, -0.2) is 0 Å². The third-order valence-corrected chi connectivity index (χ3v) is 2.43. The zero-order valence-electron chi connectivity index (χ0n) is 5.34. The van der Waals surface area contributed by atoms with Gasteiger partial charge in [0.05, 0.1) is 6.04 Å². The van der Waals surface area contributed by atoms with E-state index in [0.29, 0.717) is 0 Å². The van der Waals surface area contributed by atoms with Crippen LogP contribution < -0.4 is 5.32 Å². The Morgan fingerprint density at radius 2 is 2.22 bits per heavy atom. The van der Waals surface area contributed by atoms with Crippen LogP contribution in [0.1, 0.15) is 12.8 Å². The first-order valence-corrected chi connectivity index (χ1v) is 3.59. The van der Waals surface area contributed by atoms with Crippen LogP contribution in [-0.4, -0.2) is 18.9 Å². The molecule has 0 amide bonds. The van der Waals surface area contributed by atoms with Crippen molar-refractivity contribution in [1.29, 1.82) is 0 Å². The second-order valence-corrected chi connectivity index (χ2v) is 3.14. The summed E-state index contributed by atoms with van der Waals surface area (Å²) in [5, 5.41) is 3.19. The molecule has 2 aliphatic rings. The zero-order valence-corrected chi connectivity index (χ0v) is 5.34. The van der Waals surface area contributed by atoms with Crippen molar-refractivity contribution >= 4 is 6.29 Å². The molecule has 1 aliphatic carbocycles. The van der Waals surface area contributed by atoms with Crippen LogP contribution in [0.5, 0.6) is 0 Å². The van der Waals surface area contributed by atoms with E-state index < -0.39 is 0 Å². The number of piperidine rings is 1. The van der Waals surface area contributed by atoms with E-state index >= 15 is 0 Å². The van der Waals surface area contributed by atoms with Crippen LogP contribution >= 0.6 is 0 Å². The van der Waals surface area contributed by atoms with E-state index in [1.807, 2.05) is 0 Å². The minimum absolute atomic E-state index is 0.175. The van der Waals surface area contributed by atoms with Gasteiger partial charge in [0.15, 0.2) is 0 Å².